The summed E-state index contributed by atoms with van der Waals surface area (Å²) in [6.07, 6.45) is 2.43. The van der Waals surface area contributed by atoms with E-state index in [1.165, 1.54) is 0 Å². The maximum Gasteiger partial charge on any atom is 0.154 e. The summed E-state index contributed by atoms with van der Waals surface area (Å²) in [7, 11) is 4.16. The Labute approximate surface area is 74.3 Å². The Morgan fingerprint density at radius 1 is 1.33 bits per heavy atom. The molecule has 0 amide bonds. The van der Waals surface area contributed by atoms with E-state index in [2.05, 4.69) is 19.0 Å². The zero-order valence-corrected chi connectivity index (χ0v) is 8.16. The number of hydrogen-bond acceptors (Lipinski definition) is 3. The Morgan fingerprint density at radius 2 is 2.00 bits per heavy atom. The Balaban J connectivity index is 2.46. The molecule has 0 bridgehead atoms. The fraction of sp³-hybridized carbons (Fsp3) is 1.00. The molecule has 0 aromatic rings. The van der Waals surface area contributed by atoms with E-state index in [1.807, 2.05) is 6.92 Å². The van der Waals surface area contributed by atoms with Crippen LogP contribution in [0, 0.1) is 0 Å². The second-order valence-corrected chi connectivity index (χ2v) is 3.83. The minimum Gasteiger partial charge on any atom is -0.368 e. The van der Waals surface area contributed by atoms with Crippen molar-refractivity contribution in [3.63, 3.8) is 0 Å². The average Bonchev–Trinajstić information content (AvgIpc) is 2.11. The van der Waals surface area contributed by atoms with Gasteiger partial charge >= 0.3 is 0 Å². The maximum atomic E-state index is 9.32. The van der Waals surface area contributed by atoms with Crippen LogP contribution in [0.15, 0.2) is 0 Å². The van der Waals surface area contributed by atoms with E-state index in [9.17, 15) is 5.11 Å². The van der Waals surface area contributed by atoms with Gasteiger partial charge in [-0.15, -0.1) is 0 Å². The number of ether oxygens (including phenoxy) is 1. The van der Waals surface area contributed by atoms with Gasteiger partial charge in [0.05, 0.1) is 6.10 Å². The van der Waals surface area contributed by atoms with Gasteiger partial charge in [-0.25, -0.2) is 0 Å². The Bertz CT molecular complexity index is 138. The molecule has 3 unspecified atom stereocenters. The van der Waals surface area contributed by atoms with Crippen LogP contribution < -0.4 is 0 Å². The van der Waals surface area contributed by atoms with Crippen molar-refractivity contribution >= 4 is 0 Å². The van der Waals surface area contributed by atoms with Crippen LogP contribution in [0.4, 0.5) is 0 Å². The quantitative estimate of drug-likeness (QED) is 0.637. The monoisotopic (exact) mass is 173 g/mol. The molecule has 0 aliphatic carbocycles. The molecule has 3 nitrogen and oxygen atoms in total. The lowest BCUT2D eigenvalue weighted by molar-refractivity contribution is -0.127. The summed E-state index contributed by atoms with van der Waals surface area (Å²) >= 11 is 0. The van der Waals surface area contributed by atoms with Gasteiger partial charge in [0, 0.05) is 6.04 Å². The van der Waals surface area contributed by atoms with E-state index in [4.69, 9.17) is 4.74 Å². The number of aliphatic hydroxyl groups excluding tert-OH is 1. The first-order chi connectivity index (χ1) is 5.59. The van der Waals surface area contributed by atoms with Crippen molar-refractivity contribution in [2.45, 2.75) is 44.6 Å². The van der Waals surface area contributed by atoms with Gasteiger partial charge in [0.25, 0.3) is 0 Å². The lowest BCUT2D eigenvalue weighted by atomic mass is 10.1. The zero-order chi connectivity index (χ0) is 9.14. The first-order valence-electron chi connectivity index (χ1n) is 4.59. The molecule has 3 heteroatoms. The van der Waals surface area contributed by atoms with Gasteiger partial charge in [-0.05, 0) is 40.3 Å². The minimum atomic E-state index is -0.551. The van der Waals surface area contributed by atoms with Crippen molar-refractivity contribution in [2.24, 2.45) is 0 Å². The van der Waals surface area contributed by atoms with Crippen molar-refractivity contribution in [1.82, 2.24) is 4.90 Å². The van der Waals surface area contributed by atoms with Crippen LogP contribution in [0.25, 0.3) is 0 Å². The SMILES string of the molecule is CC1CC(N(C)C)CCC(O)O1. The van der Waals surface area contributed by atoms with E-state index < -0.39 is 6.29 Å². The molecule has 1 aliphatic rings. The third kappa shape index (κ3) is 2.73. The lowest BCUT2D eigenvalue weighted by Crippen LogP contribution is -2.29. The smallest absolute Gasteiger partial charge is 0.154 e. The Kier molecular flexibility index (Phi) is 3.50. The Morgan fingerprint density at radius 3 is 2.58 bits per heavy atom. The molecule has 1 N–H and O–H groups in total. The van der Waals surface area contributed by atoms with Crippen LogP contribution in [-0.4, -0.2) is 42.5 Å². The van der Waals surface area contributed by atoms with Crippen molar-refractivity contribution in [3.8, 4) is 0 Å². The fourth-order valence-corrected chi connectivity index (χ4v) is 1.70. The highest BCUT2D eigenvalue weighted by Crippen LogP contribution is 2.19. The average molecular weight is 173 g/mol. The summed E-state index contributed by atoms with van der Waals surface area (Å²) in [4.78, 5) is 2.21. The number of hydrogen-bond donors (Lipinski definition) is 1. The predicted octanol–water partition coefficient (Wildman–Crippen LogP) is 0.824. The summed E-state index contributed by atoms with van der Waals surface area (Å²) in [5, 5.41) is 9.32. The molecular weight excluding hydrogens is 154 g/mol. The predicted molar refractivity (Wildman–Crippen MR) is 47.9 cm³/mol. The highest BCUT2D eigenvalue weighted by atomic mass is 16.6. The topological polar surface area (TPSA) is 32.7 Å². The normalized spacial score (nSPS) is 38.2. The van der Waals surface area contributed by atoms with Crippen LogP contribution in [0.1, 0.15) is 26.2 Å². The first-order valence-corrected chi connectivity index (χ1v) is 4.59. The van der Waals surface area contributed by atoms with Gasteiger partial charge in [-0.1, -0.05) is 0 Å². The molecule has 0 aromatic carbocycles. The Hall–Kier alpha value is -0.120. The van der Waals surface area contributed by atoms with Crippen molar-refractivity contribution in [2.75, 3.05) is 14.1 Å². The van der Waals surface area contributed by atoms with E-state index in [0.29, 0.717) is 6.04 Å². The molecular formula is C9H19NO2. The summed E-state index contributed by atoms with van der Waals surface area (Å²) in [6, 6.07) is 0.553. The molecule has 0 saturated carbocycles. The van der Waals surface area contributed by atoms with Crippen molar-refractivity contribution in [3.05, 3.63) is 0 Å². The molecule has 1 saturated heterocycles. The van der Waals surface area contributed by atoms with E-state index in [1.54, 1.807) is 0 Å². The molecule has 1 fully saturated rings. The molecule has 12 heavy (non-hydrogen) atoms. The van der Waals surface area contributed by atoms with Crippen molar-refractivity contribution < 1.29 is 9.84 Å². The molecule has 1 rings (SSSR count). The summed E-state index contributed by atoms with van der Waals surface area (Å²) in [5.41, 5.74) is 0. The van der Waals surface area contributed by atoms with Crippen molar-refractivity contribution in [1.29, 1.82) is 0 Å². The van der Waals surface area contributed by atoms with Gasteiger partial charge in [-0.3, -0.25) is 0 Å². The van der Waals surface area contributed by atoms with Gasteiger partial charge in [0.2, 0.25) is 0 Å². The molecule has 1 aliphatic heterocycles. The van der Waals surface area contributed by atoms with Crippen LogP contribution in [-0.2, 0) is 4.74 Å². The molecule has 0 aromatic heterocycles. The highest BCUT2D eigenvalue weighted by Gasteiger charge is 2.23. The summed E-state index contributed by atoms with van der Waals surface area (Å²) in [6.45, 7) is 2.02. The van der Waals surface area contributed by atoms with Gasteiger partial charge in [0.1, 0.15) is 0 Å². The molecule has 1 heterocycles. The molecule has 0 spiro atoms. The summed E-state index contributed by atoms with van der Waals surface area (Å²) < 4.78 is 5.32. The highest BCUT2D eigenvalue weighted by molar-refractivity contribution is 4.73. The van der Waals surface area contributed by atoms with Gasteiger partial charge < -0.3 is 14.7 Å². The standard InChI is InChI=1S/C9H19NO2/c1-7-6-8(10(2)3)4-5-9(11)12-7/h7-9,11H,4-6H2,1-3H3. The van der Waals surface area contributed by atoms with Crippen LogP contribution in [0.5, 0.6) is 0 Å². The first kappa shape index (κ1) is 9.96. The maximum absolute atomic E-state index is 9.32. The van der Waals surface area contributed by atoms with Crippen LogP contribution in [0.3, 0.4) is 0 Å². The summed E-state index contributed by atoms with van der Waals surface area (Å²) in [5.74, 6) is 0. The van der Waals surface area contributed by atoms with Gasteiger partial charge in [-0.2, -0.15) is 0 Å². The van der Waals surface area contributed by atoms with Gasteiger partial charge in [0.15, 0.2) is 6.29 Å². The largest absolute Gasteiger partial charge is 0.368 e. The molecule has 72 valence electrons. The third-order valence-corrected chi connectivity index (χ3v) is 2.47. The molecule has 3 atom stereocenters. The molecule has 0 radical (unpaired) electrons. The third-order valence-electron chi connectivity index (χ3n) is 2.47. The number of aliphatic hydroxyl groups is 1. The van der Waals surface area contributed by atoms with Crippen LogP contribution in [0.2, 0.25) is 0 Å². The zero-order valence-electron chi connectivity index (χ0n) is 8.16. The number of rotatable bonds is 1. The second-order valence-electron chi connectivity index (χ2n) is 3.83. The minimum absolute atomic E-state index is 0.176. The van der Waals surface area contributed by atoms with E-state index in [0.717, 1.165) is 19.3 Å². The second kappa shape index (κ2) is 4.21. The lowest BCUT2D eigenvalue weighted by Gasteiger charge is -2.23. The van der Waals surface area contributed by atoms with E-state index >= 15 is 0 Å². The fourth-order valence-electron chi connectivity index (χ4n) is 1.70. The van der Waals surface area contributed by atoms with Crippen LogP contribution >= 0.6 is 0 Å². The van der Waals surface area contributed by atoms with E-state index in [-0.39, 0.29) is 6.10 Å². The number of nitrogens with zero attached hydrogens (tertiary/aromatic N) is 1.